The molecule has 0 aromatic rings. The monoisotopic (exact) mass is 160 g/mol. The molecule has 0 radical (unpaired) electrons. The molecule has 0 heterocycles. The summed E-state index contributed by atoms with van der Waals surface area (Å²) >= 11 is 0. The van der Waals surface area contributed by atoms with Crippen molar-refractivity contribution in [2.75, 3.05) is 7.11 Å². The molecule has 3 nitrogen and oxygen atoms in total. The molecular formula is C8H16O3. The van der Waals surface area contributed by atoms with Crippen molar-refractivity contribution in [3.8, 4) is 0 Å². The van der Waals surface area contributed by atoms with Crippen molar-refractivity contribution in [2.45, 2.75) is 26.4 Å². The molecule has 0 spiro atoms. The lowest BCUT2D eigenvalue weighted by atomic mass is 10.4. The van der Waals surface area contributed by atoms with E-state index in [0.29, 0.717) is 0 Å². The lowest BCUT2D eigenvalue weighted by molar-refractivity contribution is -0.147. The Morgan fingerprint density at radius 2 is 2.18 bits per heavy atom. The standard InChI is InChI=1S/C4H8O3.C4H8/c1-3(7-2)4(5)6;1-3-4-2/h3H,1-2H3,(H,5,6);3H,1,4H2,2H3. The third-order valence-electron chi connectivity index (χ3n) is 0.990. The minimum atomic E-state index is -0.928. The quantitative estimate of drug-likeness (QED) is 0.639. The van der Waals surface area contributed by atoms with Crippen molar-refractivity contribution in [3.63, 3.8) is 0 Å². The number of carboxylic acid groups (broad SMARTS) is 1. The number of carbonyl (C=O) groups is 1. The molecule has 0 saturated heterocycles. The zero-order valence-corrected chi connectivity index (χ0v) is 7.33. The van der Waals surface area contributed by atoms with E-state index in [9.17, 15) is 4.79 Å². The molecule has 3 heteroatoms. The maximum absolute atomic E-state index is 9.81. The number of carboxylic acids is 1. The summed E-state index contributed by atoms with van der Waals surface area (Å²) in [5.41, 5.74) is 0. The fourth-order valence-corrected chi connectivity index (χ4v) is 0.101. The average molecular weight is 160 g/mol. The Morgan fingerprint density at radius 1 is 1.82 bits per heavy atom. The van der Waals surface area contributed by atoms with Gasteiger partial charge in [-0.1, -0.05) is 13.0 Å². The van der Waals surface area contributed by atoms with Crippen LogP contribution in [0, 0.1) is 0 Å². The molecule has 0 aliphatic heterocycles. The number of allylic oxidation sites excluding steroid dienone is 1. The van der Waals surface area contributed by atoms with Crippen LogP contribution in [0.25, 0.3) is 0 Å². The second-order valence-corrected chi connectivity index (χ2v) is 1.91. The molecule has 0 aromatic heterocycles. The van der Waals surface area contributed by atoms with E-state index >= 15 is 0 Å². The van der Waals surface area contributed by atoms with E-state index in [1.54, 1.807) is 0 Å². The lowest BCUT2D eigenvalue weighted by Gasteiger charge is -1.98. The maximum Gasteiger partial charge on any atom is 0.332 e. The van der Waals surface area contributed by atoms with Crippen molar-refractivity contribution in [1.29, 1.82) is 0 Å². The Bertz CT molecular complexity index is 110. The topological polar surface area (TPSA) is 46.5 Å². The maximum atomic E-state index is 9.81. The van der Waals surface area contributed by atoms with Crippen LogP contribution >= 0.6 is 0 Å². The first-order chi connectivity index (χ1) is 5.09. The number of methoxy groups -OCH3 is 1. The van der Waals surface area contributed by atoms with Crippen molar-refractivity contribution in [2.24, 2.45) is 0 Å². The Kier molecular flexibility index (Phi) is 10.7. The van der Waals surface area contributed by atoms with E-state index in [4.69, 9.17) is 5.11 Å². The summed E-state index contributed by atoms with van der Waals surface area (Å²) in [5.74, 6) is -0.928. The molecule has 0 fully saturated rings. The number of ether oxygens (including phenoxy) is 1. The molecule has 0 aliphatic carbocycles. The van der Waals surface area contributed by atoms with Gasteiger partial charge in [0.2, 0.25) is 0 Å². The molecule has 1 atom stereocenters. The van der Waals surface area contributed by atoms with Crippen molar-refractivity contribution in [3.05, 3.63) is 12.7 Å². The first-order valence-corrected chi connectivity index (χ1v) is 3.46. The first kappa shape index (κ1) is 12.8. The Morgan fingerprint density at radius 3 is 2.18 bits per heavy atom. The lowest BCUT2D eigenvalue weighted by Crippen LogP contribution is -2.17. The van der Waals surface area contributed by atoms with E-state index < -0.39 is 12.1 Å². The first-order valence-electron chi connectivity index (χ1n) is 3.46. The highest BCUT2D eigenvalue weighted by molar-refractivity contribution is 5.71. The summed E-state index contributed by atoms with van der Waals surface area (Å²) in [6.45, 7) is 7.02. The van der Waals surface area contributed by atoms with Gasteiger partial charge in [-0.2, -0.15) is 0 Å². The predicted octanol–water partition coefficient (Wildman–Crippen LogP) is 1.69. The highest BCUT2D eigenvalue weighted by atomic mass is 16.5. The largest absolute Gasteiger partial charge is 0.479 e. The number of aliphatic carboxylic acids is 1. The molecule has 0 amide bonds. The van der Waals surface area contributed by atoms with Gasteiger partial charge in [0.05, 0.1) is 0 Å². The smallest absolute Gasteiger partial charge is 0.332 e. The van der Waals surface area contributed by atoms with Gasteiger partial charge in [0.15, 0.2) is 6.10 Å². The molecular weight excluding hydrogens is 144 g/mol. The molecule has 1 unspecified atom stereocenters. The summed E-state index contributed by atoms with van der Waals surface area (Å²) in [5, 5.41) is 8.06. The van der Waals surface area contributed by atoms with Crippen LogP contribution in [-0.4, -0.2) is 24.3 Å². The number of hydrogen-bond donors (Lipinski definition) is 1. The summed E-state index contributed by atoms with van der Waals surface area (Å²) < 4.78 is 4.41. The number of hydrogen-bond acceptors (Lipinski definition) is 2. The summed E-state index contributed by atoms with van der Waals surface area (Å²) in [6.07, 6.45) is 2.28. The van der Waals surface area contributed by atoms with Gasteiger partial charge in [0.25, 0.3) is 0 Å². The Labute approximate surface area is 67.7 Å². The van der Waals surface area contributed by atoms with Crippen molar-refractivity contribution >= 4 is 5.97 Å². The van der Waals surface area contributed by atoms with Crippen molar-refractivity contribution < 1.29 is 14.6 Å². The minimum Gasteiger partial charge on any atom is -0.479 e. The molecule has 0 rings (SSSR count). The molecule has 0 bridgehead atoms. The van der Waals surface area contributed by atoms with Crippen LogP contribution in [0.1, 0.15) is 20.3 Å². The van der Waals surface area contributed by atoms with Crippen LogP contribution in [0.3, 0.4) is 0 Å². The van der Waals surface area contributed by atoms with Gasteiger partial charge in [-0.05, 0) is 13.3 Å². The van der Waals surface area contributed by atoms with Crippen LogP contribution in [0.2, 0.25) is 0 Å². The molecule has 0 aromatic carbocycles. The number of rotatable bonds is 3. The summed E-state index contributed by atoms with van der Waals surface area (Å²) in [4.78, 5) is 9.81. The molecule has 0 aliphatic rings. The third kappa shape index (κ3) is 12.4. The van der Waals surface area contributed by atoms with Gasteiger partial charge < -0.3 is 9.84 Å². The van der Waals surface area contributed by atoms with E-state index in [1.807, 2.05) is 6.08 Å². The van der Waals surface area contributed by atoms with Crippen LogP contribution < -0.4 is 0 Å². The van der Waals surface area contributed by atoms with Gasteiger partial charge in [0, 0.05) is 7.11 Å². The normalized spacial score (nSPS) is 10.8. The van der Waals surface area contributed by atoms with E-state index in [1.165, 1.54) is 14.0 Å². The fraction of sp³-hybridized carbons (Fsp3) is 0.625. The SMILES string of the molecule is C=CCC.COC(C)C(=O)O. The predicted molar refractivity (Wildman–Crippen MR) is 44.6 cm³/mol. The van der Waals surface area contributed by atoms with Crippen LogP contribution in [0.5, 0.6) is 0 Å². The summed E-state index contributed by atoms with van der Waals surface area (Å²) in [6, 6.07) is 0. The highest BCUT2D eigenvalue weighted by Gasteiger charge is 2.06. The van der Waals surface area contributed by atoms with Crippen LogP contribution in [0.4, 0.5) is 0 Å². The van der Waals surface area contributed by atoms with Gasteiger partial charge in [0.1, 0.15) is 0 Å². The van der Waals surface area contributed by atoms with Crippen LogP contribution in [-0.2, 0) is 9.53 Å². The van der Waals surface area contributed by atoms with E-state index in [2.05, 4.69) is 18.2 Å². The molecule has 11 heavy (non-hydrogen) atoms. The van der Waals surface area contributed by atoms with Gasteiger partial charge >= 0.3 is 5.97 Å². The Hall–Kier alpha value is -0.830. The van der Waals surface area contributed by atoms with E-state index in [-0.39, 0.29) is 0 Å². The van der Waals surface area contributed by atoms with Crippen molar-refractivity contribution in [1.82, 2.24) is 0 Å². The van der Waals surface area contributed by atoms with Gasteiger partial charge in [-0.15, -0.1) is 6.58 Å². The Balaban J connectivity index is 0. The minimum absolute atomic E-state index is 0.681. The second-order valence-electron chi connectivity index (χ2n) is 1.91. The zero-order valence-electron chi connectivity index (χ0n) is 7.33. The fourth-order valence-electron chi connectivity index (χ4n) is 0.101. The summed E-state index contributed by atoms with van der Waals surface area (Å²) in [7, 11) is 1.36. The van der Waals surface area contributed by atoms with Crippen LogP contribution in [0.15, 0.2) is 12.7 Å². The second kappa shape index (κ2) is 9.17. The molecule has 1 N–H and O–H groups in total. The average Bonchev–Trinajstić information content (AvgIpc) is 2.03. The molecule has 0 saturated carbocycles. The molecule has 66 valence electrons. The van der Waals surface area contributed by atoms with E-state index in [0.717, 1.165) is 6.42 Å². The van der Waals surface area contributed by atoms with Gasteiger partial charge in [-0.25, -0.2) is 4.79 Å². The van der Waals surface area contributed by atoms with Gasteiger partial charge in [-0.3, -0.25) is 0 Å². The highest BCUT2D eigenvalue weighted by Crippen LogP contribution is 1.83. The zero-order chi connectivity index (χ0) is 9.28. The third-order valence-corrected chi connectivity index (χ3v) is 0.990.